The van der Waals surface area contributed by atoms with Gasteiger partial charge >= 0.3 is 5.97 Å². The lowest BCUT2D eigenvalue weighted by molar-refractivity contribution is -0.150. The maximum atomic E-state index is 13.9. The molecule has 2 N–H and O–H groups in total. The van der Waals surface area contributed by atoms with Crippen molar-refractivity contribution in [3.8, 4) is 6.07 Å². The van der Waals surface area contributed by atoms with E-state index in [0.717, 1.165) is 43.0 Å². The smallest absolute Gasteiger partial charge is 0.329 e. The number of esters is 1. The SMILES string of the molecule is Cc1c(C#N)c(NC(=O)COC(=O)[C@@H](NC(=O)c2ccccc2F)C(C)C)n(C2CCCC2)c1C. The van der Waals surface area contributed by atoms with Crippen molar-refractivity contribution < 1.29 is 23.5 Å². The molecule has 0 saturated heterocycles. The van der Waals surface area contributed by atoms with Gasteiger partial charge in [-0.2, -0.15) is 5.26 Å². The number of amides is 2. The maximum Gasteiger partial charge on any atom is 0.329 e. The first-order chi connectivity index (χ1) is 16.6. The molecular weight excluding hydrogens is 451 g/mol. The van der Waals surface area contributed by atoms with Crippen LogP contribution >= 0.6 is 0 Å². The first-order valence-corrected chi connectivity index (χ1v) is 11.8. The molecule has 1 fully saturated rings. The lowest BCUT2D eigenvalue weighted by atomic mass is 10.0. The van der Waals surface area contributed by atoms with Gasteiger partial charge in [0, 0.05) is 11.7 Å². The number of benzene rings is 1. The minimum atomic E-state index is -1.07. The fraction of sp³-hybridized carbons (Fsp3) is 0.462. The molecule has 9 heteroatoms. The summed E-state index contributed by atoms with van der Waals surface area (Å²) in [5.74, 6) is -2.79. The number of carbonyl (C=O) groups excluding carboxylic acids is 3. The van der Waals surface area contributed by atoms with Crippen molar-refractivity contribution in [2.24, 2.45) is 5.92 Å². The average Bonchev–Trinajstić information content (AvgIpc) is 3.42. The van der Waals surface area contributed by atoms with E-state index in [0.29, 0.717) is 11.4 Å². The van der Waals surface area contributed by atoms with Crippen LogP contribution in [0.3, 0.4) is 0 Å². The Morgan fingerprint density at radius 2 is 1.86 bits per heavy atom. The quantitative estimate of drug-likeness (QED) is 0.549. The molecule has 2 aromatic rings. The van der Waals surface area contributed by atoms with Crippen molar-refractivity contribution in [1.29, 1.82) is 5.26 Å². The zero-order valence-corrected chi connectivity index (χ0v) is 20.5. The second kappa shape index (κ2) is 11.2. The number of nitrogens with one attached hydrogen (secondary N) is 2. The number of carbonyl (C=O) groups is 3. The zero-order chi connectivity index (χ0) is 25.7. The van der Waals surface area contributed by atoms with Crippen molar-refractivity contribution in [1.82, 2.24) is 9.88 Å². The van der Waals surface area contributed by atoms with Crippen LogP contribution in [-0.4, -0.2) is 35.0 Å². The molecule has 1 atom stereocenters. The summed E-state index contributed by atoms with van der Waals surface area (Å²) in [6, 6.07) is 6.75. The van der Waals surface area contributed by atoms with Gasteiger partial charge in [0.05, 0.1) is 11.1 Å². The Morgan fingerprint density at radius 3 is 2.46 bits per heavy atom. The molecule has 1 aliphatic carbocycles. The number of nitriles is 1. The lowest BCUT2D eigenvalue weighted by Crippen LogP contribution is -2.46. The molecule has 0 aliphatic heterocycles. The Balaban J connectivity index is 1.68. The second-order valence-corrected chi connectivity index (χ2v) is 9.18. The number of aromatic nitrogens is 1. The molecule has 1 aromatic heterocycles. The lowest BCUT2D eigenvalue weighted by Gasteiger charge is -2.21. The van der Waals surface area contributed by atoms with Crippen LogP contribution in [0.5, 0.6) is 0 Å². The Kier molecular flexibility index (Phi) is 8.28. The minimum absolute atomic E-state index is 0.189. The predicted octanol–water partition coefficient (Wildman–Crippen LogP) is 4.17. The molecule has 0 unspecified atom stereocenters. The number of ether oxygens (including phenoxy) is 1. The number of hydrogen-bond donors (Lipinski definition) is 2. The molecule has 8 nitrogen and oxygen atoms in total. The van der Waals surface area contributed by atoms with Gasteiger partial charge < -0.3 is 19.9 Å². The van der Waals surface area contributed by atoms with E-state index in [-0.39, 0.29) is 17.5 Å². The third-order valence-electron chi connectivity index (χ3n) is 6.49. The van der Waals surface area contributed by atoms with Crippen LogP contribution in [0, 0.1) is 36.9 Å². The predicted molar refractivity (Wildman–Crippen MR) is 128 cm³/mol. The topological polar surface area (TPSA) is 113 Å². The van der Waals surface area contributed by atoms with E-state index >= 15 is 0 Å². The van der Waals surface area contributed by atoms with Crippen LogP contribution in [0.2, 0.25) is 0 Å². The van der Waals surface area contributed by atoms with Gasteiger partial charge in [0.15, 0.2) is 6.61 Å². The van der Waals surface area contributed by atoms with Crippen molar-refractivity contribution in [2.75, 3.05) is 11.9 Å². The fourth-order valence-corrected chi connectivity index (χ4v) is 4.46. The third kappa shape index (κ3) is 5.70. The van der Waals surface area contributed by atoms with E-state index in [9.17, 15) is 24.0 Å². The maximum absolute atomic E-state index is 13.9. The molecule has 186 valence electrons. The molecule has 1 aromatic carbocycles. The Labute approximate surface area is 204 Å². The Morgan fingerprint density at radius 1 is 1.20 bits per heavy atom. The van der Waals surface area contributed by atoms with E-state index in [2.05, 4.69) is 16.7 Å². The van der Waals surface area contributed by atoms with E-state index < -0.39 is 36.2 Å². The van der Waals surface area contributed by atoms with Crippen LogP contribution in [0.15, 0.2) is 24.3 Å². The zero-order valence-electron chi connectivity index (χ0n) is 20.5. The van der Waals surface area contributed by atoms with Crippen molar-refractivity contribution >= 4 is 23.6 Å². The molecule has 0 spiro atoms. The number of hydrogen-bond acceptors (Lipinski definition) is 5. The third-order valence-corrected chi connectivity index (χ3v) is 6.49. The number of halogens is 1. The van der Waals surface area contributed by atoms with Gasteiger partial charge in [-0.05, 0) is 50.3 Å². The highest BCUT2D eigenvalue weighted by atomic mass is 19.1. The Hall–Kier alpha value is -3.67. The summed E-state index contributed by atoms with van der Waals surface area (Å²) in [4.78, 5) is 37.8. The molecule has 2 amide bonds. The normalized spacial score (nSPS) is 14.4. The first kappa shape index (κ1) is 25.9. The largest absolute Gasteiger partial charge is 0.454 e. The monoisotopic (exact) mass is 482 g/mol. The average molecular weight is 483 g/mol. The fourth-order valence-electron chi connectivity index (χ4n) is 4.46. The van der Waals surface area contributed by atoms with Crippen LogP contribution in [0.4, 0.5) is 10.2 Å². The van der Waals surface area contributed by atoms with Gasteiger partial charge in [-0.1, -0.05) is 38.8 Å². The van der Waals surface area contributed by atoms with Crippen molar-refractivity contribution in [3.05, 3.63) is 52.5 Å². The van der Waals surface area contributed by atoms with Gasteiger partial charge in [0.25, 0.3) is 11.8 Å². The van der Waals surface area contributed by atoms with Crippen LogP contribution in [-0.2, 0) is 14.3 Å². The molecule has 1 saturated carbocycles. The van der Waals surface area contributed by atoms with Gasteiger partial charge in [-0.3, -0.25) is 9.59 Å². The highest BCUT2D eigenvalue weighted by molar-refractivity contribution is 5.98. The van der Waals surface area contributed by atoms with E-state index in [1.54, 1.807) is 13.8 Å². The molecular formula is C26H31FN4O4. The number of nitrogens with zero attached hydrogens (tertiary/aromatic N) is 2. The number of rotatable bonds is 8. The first-order valence-electron chi connectivity index (χ1n) is 11.8. The van der Waals surface area contributed by atoms with Crippen molar-refractivity contribution in [2.45, 2.75) is 65.5 Å². The summed E-state index contributed by atoms with van der Waals surface area (Å²) in [6.07, 6.45) is 4.11. The van der Waals surface area contributed by atoms with Crippen LogP contribution in [0.1, 0.15) is 72.8 Å². The molecule has 0 radical (unpaired) electrons. The summed E-state index contributed by atoms with van der Waals surface area (Å²) in [5, 5.41) is 14.9. The Bertz CT molecular complexity index is 1160. The second-order valence-electron chi connectivity index (χ2n) is 9.18. The molecule has 1 heterocycles. The van der Waals surface area contributed by atoms with Gasteiger partial charge in [-0.25, -0.2) is 9.18 Å². The summed E-state index contributed by atoms with van der Waals surface area (Å²) in [6.45, 7) is 6.59. The molecule has 0 bridgehead atoms. The van der Waals surface area contributed by atoms with Gasteiger partial charge in [0.2, 0.25) is 0 Å². The summed E-state index contributed by atoms with van der Waals surface area (Å²) in [7, 11) is 0. The summed E-state index contributed by atoms with van der Waals surface area (Å²) < 4.78 is 21.1. The van der Waals surface area contributed by atoms with Crippen LogP contribution in [0.25, 0.3) is 0 Å². The standard InChI is InChI=1S/C26H31FN4O4/c1-15(2)23(30-25(33)19-11-7-8-12-21(19)27)26(34)35-14-22(32)29-24-20(13-28)16(3)17(4)31(24)18-9-5-6-10-18/h7-8,11-12,15,18,23H,5-6,9-10,14H2,1-4H3,(H,29,32)(H,30,33)/t23-/m0/s1. The minimum Gasteiger partial charge on any atom is -0.454 e. The highest BCUT2D eigenvalue weighted by Crippen LogP contribution is 2.37. The van der Waals surface area contributed by atoms with E-state index in [4.69, 9.17) is 4.74 Å². The summed E-state index contributed by atoms with van der Waals surface area (Å²) in [5.41, 5.74) is 1.94. The molecule has 35 heavy (non-hydrogen) atoms. The van der Waals surface area contributed by atoms with E-state index in [1.807, 2.05) is 18.4 Å². The molecule has 1 aliphatic rings. The van der Waals surface area contributed by atoms with Crippen molar-refractivity contribution in [3.63, 3.8) is 0 Å². The van der Waals surface area contributed by atoms with Gasteiger partial charge in [0.1, 0.15) is 23.7 Å². The van der Waals surface area contributed by atoms with E-state index in [1.165, 1.54) is 18.2 Å². The molecule has 3 rings (SSSR count). The van der Waals surface area contributed by atoms with Gasteiger partial charge in [-0.15, -0.1) is 0 Å². The highest BCUT2D eigenvalue weighted by Gasteiger charge is 2.29. The van der Waals surface area contributed by atoms with Crippen LogP contribution < -0.4 is 10.6 Å². The summed E-state index contributed by atoms with van der Waals surface area (Å²) >= 11 is 0. The number of anilines is 1.